The Bertz CT molecular complexity index is 976. The highest BCUT2D eigenvalue weighted by molar-refractivity contribution is 5.88. The molecule has 2 aromatic rings. The first-order chi connectivity index (χ1) is 15.1. The van der Waals surface area contributed by atoms with Gasteiger partial charge in [-0.3, -0.25) is 10.00 Å². The molecule has 1 unspecified atom stereocenters. The minimum absolute atomic E-state index is 0.000935. The summed E-state index contributed by atoms with van der Waals surface area (Å²) >= 11 is 0. The third-order valence-corrected chi connectivity index (χ3v) is 5.27. The number of aromatic nitrogens is 4. The van der Waals surface area contributed by atoms with E-state index in [0.717, 1.165) is 5.69 Å². The van der Waals surface area contributed by atoms with Crippen LogP contribution in [-0.4, -0.2) is 62.1 Å². The van der Waals surface area contributed by atoms with Crippen LogP contribution in [0.15, 0.2) is 18.3 Å². The molecule has 0 aromatic carbocycles. The Balaban J connectivity index is 1.41. The van der Waals surface area contributed by atoms with Crippen LogP contribution < -0.4 is 15.5 Å². The average molecular weight is 451 g/mol. The summed E-state index contributed by atoms with van der Waals surface area (Å²) in [5.74, 6) is -1.93. The molecule has 3 N–H and O–H groups in total. The fourth-order valence-electron chi connectivity index (χ4n) is 3.62. The van der Waals surface area contributed by atoms with Crippen molar-refractivity contribution in [3.63, 3.8) is 0 Å². The zero-order chi connectivity index (χ0) is 22.9. The molecular formula is C20H27F2N7O3. The lowest BCUT2D eigenvalue weighted by atomic mass is 10.0. The zero-order valence-corrected chi connectivity index (χ0v) is 18.0. The fraction of sp³-hybridized carbons (Fsp3) is 0.600. The van der Waals surface area contributed by atoms with Gasteiger partial charge in [-0.15, -0.1) is 0 Å². The van der Waals surface area contributed by atoms with E-state index in [9.17, 15) is 18.7 Å². The van der Waals surface area contributed by atoms with Crippen molar-refractivity contribution in [1.82, 2.24) is 25.1 Å². The van der Waals surface area contributed by atoms with E-state index in [4.69, 9.17) is 4.74 Å². The fourth-order valence-corrected chi connectivity index (χ4v) is 3.62. The molecule has 0 radical (unpaired) electrons. The number of amides is 2. The number of aliphatic hydroxyl groups is 1. The summed E-state index contributed by atoms with van der Waals surface area (Å²) in [5.41, 5.74) is 0.279. The monoisotopic (exact) mass is 451 g/mol. The second-order valence-electron chi connectivity index (χ2n) is 8.74. The molecule has 2 amide bonds. The highest BCUT2D eigenvalue weighted by Crippen LogP contribution is 2.37. The number of carbonyl (C=O) groups is 1. The van der Waals surface area contributed by atoms with Gasteiger partial charge in [0.05, 0.1) is 36.7 Å². The lowest BCUT2D eigenvalue weighted by Crippen LogP contribution is -2.40. The topological polar surface area (TPSA) is 117 Å². The molecule has 0 aliphatic carbocycles. The van der Waals surface area contributed by atoms with Crippen LogP contribution in [0.3, 0.4) is 0 Å². The average Bonchev–Trinajstić information content (AvgIpc) is 3.12. The molecule has 2 aliphatic rings. The van der Waals surface area contributed by atoms with Crippen LogP contribution in [-0.2, 0) is 17.8 Å². The van der Waals surface area contributed by atoms with Crippen LogP contribution in [0.5, 0.6) is 0 Å². The number of ether oxygens (including phenoxy) is 1. The molecule has 174 valence electrons. The summed E-state index contributed by atoms with van der Waals surface area (Å²) in [6.07, 6.45) is 0.137. The Labute approximate surface area is 184 Å². The largest absolute Gasteiger partial charge is 0.389 e. The maximum Gasteiger partial charge on any atom is 0.320 e. The molecule has 1 atom stereocenters. The van der Waals surface area contributed by atoms with Gasteiger partial charge in [-0.1, -0.05) is 0 Å². The van der Waals surface area contributed by atoms with Crippen LogP contribution in [0.2, 0.25) is 0 Å². The number of alkyl halides is 2. The van der Waals surface area contributed by atoms with Crippen LogP contribution in [0, 0.1) is 0 Å². The molecular weight excluding hydrogens is 424 g/mol. The van der Waals surface area contributed by atoms with Gasteiger partial charge in [0.25, 0.3) is 5.92 Å². The van der Waals surface area contributed by atoms with Gasteiger partial charge in [0.2, 0.25) is 5.95 Å². The van der Waals surface area contributed by atoms with E-state index >= 15 is 0 Å². The molecule has 0 saturated carbocycles. The highest BCUT2D eigenvalue weighted by atomic mass is 19.3. The zero-order valence-electron chi connectivity index (χ0n) is 18.0. The molecule has 0 bridgehead atoms. The number of hydrogen-bond donors (Lipinski definition) is 3. The third kappa shape index (κ3) is 5.49. The second kappa shape index (κ2) is 8.58. The maximum atomic E-state index is 13.8. The number of halogens is 2. The van der Waals surface area contributed by atoms with Crippen molar-refractivity contribution in [1.29, 1.82) is 0 Å². The molecule has 1 saturated heterocycles. The van der Waals surface area contributed by atoms with Crippen molar-refractivity contribution in [2.24, 2.45) is 0 Å². The Morgan fingerprint density at radius 2 is 2.22 bits per heavy atom. The summed E-state index contributed by atoms with van der Waals surface area (Å²) in [7, 11) is 0. The quantitative estimate of drug-likeness (QED) is 0.637. The summed E-state index contributed by atoms with van der Waals surface area (Å²) in [4.78, 5) is 22.7. The molecule has 12 heteroatoms. The van der Waals surface area contributed by atoms with E-state index in [2.05, 4.69) is 25.7 Å². The number of rotatable bonds is 5. The third-order valence-electron chi connectivity index (χ3n) is 5.27. The Kier molecular flexibility index (Phi) is 5.99. The first-order valence-corrected chi connectivity index (χ1v) is 10.5. The maximum absolute atomic E-state index is 13.8. The van der Waals surface area contributed by atoms with Gasteiger partial charge in [0.1, 0.15) is 6.10 Å². The number of nitrogens with one attached hydrogen (secondary N) is 2. The number of carbonyl (C=O) groups excluding carboxylic acids is 1. The number of urea groups is 1. The van der Waals surface area contributed by atoms with Crippen LogP contribution in [0.25, 0.3) is 0 Å². The number of anilines is 2. The number of fused-ring (bicyclic) bond motifs is 1. The predicted molar refractivity (Wildman–Crippen MR) is 112 cm³/mol. The van der Waals surface area contributed by atoms with Crippen molar-refractivity contribution in [3.05, 3.63) is 29.7 Å². The van der Waals surface area contributed by atoms with Gasteiger partial charge in [0, 0.05) is 38.2 Å². The van der Waals surface area contributed by atoms with Gasteiger partial charge in [-0.05, 0) is 19.9 Å². The van der Waals surface area contributed by atoms with E-state index in [1.165, 1.54) is 0 Å². The van der Waals surface area contributed by atoms with Crippen LogP contribution >= 0.6 is 0 Å². The molecule has 1 fully saturated rings. The summed E-state index contributed by atoms with van der Waals surface area (Å²) in [6, 6.07) is 2.91. The molecule has 4 rings (SSSR count). The first kappa shape index (κ1) is 22.3. The predicted octanol–water partition coefficient (Wildman–Crippen LogP) is 2.07. The molecule has 2 aliphatic heterocycles. The van der Waals surface area contributed by atoms with Gasteiger partial charge >= 0.3 is 6.03 Å². The lowest BCUT2D eigenvalue weighted by Gasteiger charge is -2.30. The normalized spacial score (nSPS) is 20.5. The van der Waals surface area contributed by atoms with Crippen molar-refractivity contribution in [3.8, 4) is 0 Å². The Morgan fingerprint density at radius 1 is 1.41 bits per heavy atom. The van der Waals surface area contributed by atoms with Crippen molar-refractivity contribution in [2.75, 3.05) is 29.9 Å². The second-order valence-corrected chi connectivity index (χ2v) is 8.74. The van der Waals surface area contributed by atoms with E-state index < -0.39 is 23.7 Å². The molecule has 4 heterocycles. The summed E-state index contributed by atoms with van der Waals surface area (Å²) in [6.45, 7) is 4.87. The number of nitrogens with zero attached hydrogens (tertiary/aromatic N) is 5. The van der Waals surface area contributed by atoms with E-state index in [1.807, 2.05) is 4.90 Å². The summed E-state index contributed by atoms with van der Waals surface area (Å²) in [5, 5.41) is 19.3. The first-order valence-electron chi connectivity index (χ1n) is 10.5. The number of hydrogen-bond acceptors (Lipinski definition) is 7. The minimum Gasteiger partial charge on any atom is -0.389 e. The van der Waals surface area contributed by atoms with Crippen molar-refractivity contribution >= 4 is 17.8 Å². The highest BCUT2D eigenvalue weighted by Gasteiger charge is 2.38. The van der Waals surface area contributed by atoms with Gasteiger partial charge < -0.3 is 20.1 Å². The van der Waals surface area contributed by atoms with Gasteiger partial charge in [0.15, 0.2) is 5.82 Å². The Hall–Kier alpha value is -2.86. The van der Waals surface area contributed by atoms with E-state index in [-0.39, 0.29) is 26.0 Å². The molecule has 32 heavy (non-hydrogen) atoms. The molecule has 0 spiro atoms. The van der Waals surface area contributed by atoms with Crippen LogP contribution in [0.4, 0.5) is 25.3 Å². The van der Waals surface area contributed by atoms with E-state index in [0.29, 0.717) is 37.1 Å². The van der Waals surface area contributed by atoms with Crippen molar-refractivity contribution < 1.29 is 23.4 Å². The van der Waals surface area contributed by atoms with Crippen LogP contribution in [0.1, 0.15) is 44.2 Å². The van der Waals surface area contributed by atoms with E-state index in [1.54, 1.807) is 36.9 Å². The standard InChI is InChI=1S/C20H27F2N7O3/c1-19(2,31)12-24-18(30)26-16-9-13-11-28(6-7-29(13)27-16)17-23-5-3-14(25-17)15-10-20(21,22)4-8-32-15/h3,5,9,15,31H,4,6-8,10-12H2,1-2H3,(H2,24,26,27,30). The summed E-state index contributed by atoms with van der Waals surface area (Å²) < 4.78 is 34.8. The smallest absolute Gasteiger partial charge is 0.320 e. The lowest BCUT2D eigenvalue weighted by molar-refractivity contribution is -0.130. The molecule has 10 nitrogen and oxygen atoms in total. The van der Waals surface area contributed by atoms with Gasteiger partial charge in [-0.2, -0.15) is 5.10 Å². The Morgan fingerprint density at radius 3 is 2.97 bits per heavy atom. The SMILES string of the molecule is CC(C)(O)CNC(=O)Nc1cc2n(n1)CCN(c1nccc(C3CC(F)(F)CCO3)n1)C2. The minimum atomic E-state index is -2.76. The molecule has 2 aromatic heterocycles. The van der Waals surface area contributed by atoms with Crippen molar-refractivity contribution in [2.45, 2.75) is 57.4 Å². The van der Waals surface area contributed by atoms with Gasteiger partial charge in [-0.25, -0.2) is 23.5 Å².